The first-order chi connectivity index (χ1) is 42.0. The summed E-state index contributed by atoms with van der Waals surface area (Å²) in [6.45, 7) is 4.96. The second-order valence-corrected chi connectivity index (χ2v) is 27.0. The van der Waals surface area contributed by atoms with E-state index in [2.05, 4.69) is 43.5 Å². The zero-order valence-electron chi connectivity index (χ0n) is 57.9. The molecule has 0 bridgehead atoms. The third-order valence-electron chi connectivity index (χ3n) is 18.5. The van der Waals surface area contributed by atoms with Crippen LogP contribution in [-0.4, -0.2) is 47.4 Å². The predicted octanol–water partition coefficient (Wildman–Crippen LogP) is 25.7. The summed E-state index contributed by atoms with van der Waals surface area (Å²) in [5.74, 6) is -0.0183. The van der Waals surface area contributed by atoms with Crippen LogP contribution in [0.4, 0.5) is 0 Å². The Bertz CT molecular complexity index is 1330. The van der Waals surface area contributed by atoms with Gasteiger partial charge in [0.15, 0.2) is 0 Å². The normalized spacial score (nSPS) is 12.6. The molecule has 3 N–H and O–H groups in total. The molecule has 0 heterocycles. The van der Waals surface area contributed by atoms with Crippen molar-refractivity contribution in [2.45, 2.75) is 456 Å². The number of aliphatic hydroxyl groups excluding tert-OH is 2. The van der Waals surface area contributed by atoms with Gasteiger partial charge in [0.1, 0.15) is 0 Å². The van der Waals surface area contributed by atoms with Crippen molar-refractivity contribution in [3.63, 3.8) is 0 Å². The van der Waals surface area contributed by atoms with Gasteiger partial charge in [0.25, 0.3) is 0 Å². The molecule has 0 aromatic heterocycles. The Labute approximate surface area is 532 Å². The Morgan fingerprint density at radius 1 is 0.329 bits per heavy atom. The van der Waals surface area contributed by atoms with Gasteiger partial charge in [0, 0.05) is 12.8 Å². The molecule has 0 radical (unpaired) electrons. The summed E-state index contributed by atoms with van der Waals surface area (Å²) in [5.41, 5.74) is 0. The van der Waals surface area contributed by atoms with Gasteiger partial charge >= 0.3 is 5.97 Å². The van der Waals surface area contributed by atoms with E-state index in [1.165, 1.54) is 360 Å². The van der Waals surface area contributed by atoms with Crippen molar-refractivity contribution in [2.75, 3.05) is 13.2 Å². The minimum Gasteiger partial charge on any atom is -0.466 e. The van der Waals surface area contributed by atoms with Crippen LogP contribution < -0.4 is 5.32 Å². The Morgan fingerprint density at radius 3 is 0.929 bits per heavy atom. The monoisotopic (exact) mass is 1200 g/mol. The van der Waals surface area contributed by atoms with Gasteiger partial charge in [-0.15, -0.1) is 0 Å². The second-order valence-electron chi connectivity index (χ2n) is 27.0. The third-order valence-corrected chi connectivity index (χ3v) is 18.5. The molecule has 0 aliphatic carbocycles. The zero-order chi connectivity index (χ0) is 61.3. The van der Waals surface area contributed by atoms with Crippen molar-refractivity contribution in [1.82, 2.24) is 5.32 Å². The Morgan fingerprint density at radius 2 is 0.600 bits per heavy atom. The number of carbonyl (C=O) groups excluding carboxylic acids is 2. The van der Waals surface area contributed by atoms with Crippen molar-refractivity contribution in [3.05, 3.63) is 24.3 Å². The van der Waals surface area contributed by atoms with E-state index in [1.807, 2.05) is 0 Å². The number of esters is 1. The van der Waals surface area contributed by atoms with Crippen LogP contribution in [0.2, 0.25) is 0 Å². The number of hydrogen-bond acceptors (Lipinski definition) is 5. The molecular formula is C79H153NO5. The van der Waals surface area contributed by atoms with E-state index in [9.17, 15) is 19.8 Å². The summed E-state index contributed by atoms with van der Waals surface area (Å²) in [6.07, 6.45) is 95.5. The quantitative estimate of drug-likeness (QED) is 0.0320. The number of allylic oxidation sites excluding steroid dienone is 4. The summed E-state index contributed by atoms with van der Waals surface area (Å²) in [6, 6.07) is -0.539. The van der Waals surface area contributed by atoms with E-state index in [1.54, 1.807) is 0 Å². The number of nitrogens with one attached hydrogen (secondary N) is 1. The summed E-state index contributed by atoms with van der Waals surface area (Å²) in [4.78, 5) is 24.6. The number of hydrogen-bond donors (Lipinski definition) is 3. The molecule has 0 spiro atoms. The van der Waals surface area contributed by atoms with E-state index in [0.29, 0.717) is 25.9 Å². The summed E-state index contributed by atoms with van der Waals surface area (Å²) in [7, 11) is 0. The molecule has 6 heteroatoms. The minimum atomic E-state index is -0.663. The molecule has 2 atom stereocenters. The molecule has 0 saturated heterocycles. The number of ether oxygens (including phenoxy) is 1. The van der Waals surface area contributed by atoms with Crippen molar-refractivity contribution in [2.24, 2.45) is 0 Å². The van der Waals surface area contributed by atoms with Crippen molar-refractivity contribution in [3.8, 4) is 0 Å². The fourth-order valence-corrected chi connectivity index (χ4v) is 12.5. The van der Waals surface area contributed by atoms with E-state index < -0.39 is 12.1 Å². The average molecular weight is 1200 g/mol. The van der Waals surface area contributed by atoms with Crippen LogP contribution in [0.3, 0.4) is 0 Å². The van der Waals surface area contributed by atoms with Gasteiger partial charge in [-0.05, 0) is 51.4 Å². The second kappa shape index (κ2) is 74.8. The summed E-state index contributed by atoms with van der Waals surface area (Å²) < 4.78 is 5.49. The largest absolute Gasteiger partial charge is 0.466 e. The highest BCUT2D eigenvalue weighted by Crippen LogP contribution is 2.20. The van der Waals surface area contributed by atoms with Gasteiger partial charge in [-0.2, -0.15) is 0 Å². The molecule has 0 rings (SSSR count). The van der Waals surface area contributed by atoms with Gasteiger partial charge < -0.3 is 20.3 Å². The Hall–Kier alpha value is -1.66. The first-order valence-electron chi connectivity index (χ1n) is 39.1. The van der Waals surface area contributed by atoms with Gasteiger partial charge in [0.05, 0.1) is 25.4 Å². The van der Waals surface area contributed by atoms with Crippen LogP contribution in [0.1, 0.15) is 444 Å². The highest BCUT2D eigenvalue weighted by Gasteiger charge is 2.20. The summed E-state index contributed by atoms with van der Waals surface area (Å²) >= 11 is 0. The molecular weight excluding hydrogens is 1040 g/mol. The van der Waals surface area contributed by atoms with E-state index >= 15 is 0 Å². The fourth-order valence-electron chi connectivity index (χ4n) is 12.5. The van der Waals surface area contributed by atoms with Gasteiger partial charge in [-0.25, -0.2) is 0 Å². The van der Waals surface area contributed by atoms with Gasteiger partial charge in [-0.1, -0.05) is 404 Å². The molecule has 0 aromatic carbocycles. The zero-order valence-corrected chi connectivity index (χ0v) is 57.9. The minimum absolute atomic E-state index is 0.00691. The van der Waals surface area contributed by atoms with Crippen molar-refractivity contribution in [1.29, 1.82) is 0 Å². The fraction of sp³-hybridized carbons (Fsp3) is 0.924. The average Bonchev–Trinajstić information content (AvgIpc) is 3.50. The van der Waals surface area contributed by atoms with Crippen LogP contribution in [0.15, 0.2) is 24.3 Å². The molecule has 85 heavy (non-hydrogen) atoms. The van der Waals surface area contributed by atoms with Crippen LogP contribution in [0.25, 0.3) is 0 Å². The van der Waals surface area contributed by atoms with Crippen LogP contribution in [-0.2, 0) is 14.3 Å². The lowest BCUT2D eigenvalue weighted by molar-refractivity contribution is -0.143. The maximum Gasteiger partial charge on any atom is 0.305 e. The number of unbranched alkanes of at least 4 members (excludes halogenated alkanes) is 59. The molecule has 6 nitrogen and oxygen atoms in total. The van der Waals surface area contributed by atoms with Crippen LogP contribution in [0, 0.1) is 0 Å². The standard InChI is InChI=1S/C79H153NO5/c1-3-5-7-9-11-13-15-17-19-20-21-22-32-35-38-41-44-47-51-55-59-63-67-71-77(82)76(75-81)80-78(83)72-68-64-60-56-52-48-45-42-39-36-33-30-28-26-24-23-25-27-29-31-34-37-40-43-46-50-54-58-62-66-70-74-85-79(84)73-69-65-61-57-53-49-18-16-14-12-10-8-6-4-2/h10,12,16,18,76-77,81-82H,3-9,11,13-15,17,19-75H2,1-2H3,(H,80,83)/b12-10-,18-16-. The molecule has 0 saturated carbocycles. The number of rotatable bonds is 74. The lowest BCUT2D eigenvalue weighted by Crippen LogP contribution is -2.45. The topological polar surface area (TPSA) is 95.9 Å². The third kappa shape index (κ3) is 71.3. The molecule has 0 aliphatic heterocycles. The van der Waals surface area contributed by atoms with E-state index in [4.69, 9.17) is 4.74 Å². The lowest BCUT2D eigenvalue weighted by Gasteiger charge is -2.22. The molecule has 0 fully saturated rings. The Balaban J connectivity index is 3.33. The summed E-state index contributed by atoms with van der Waals surface area (Å²) in [5, 5.41) is 23.5. The maximum atomic E-state index is 12.6. The molecule has 2 unspecified atom stereocenters. The number of carbonyl (C=O) groups is 2. The predicted molar refractivity (Wildman–Crippen MR) is 375 cm³/mol. The van der Waals surface area contributed by atoms with Gasteiger partial charge in [0.2, 0.25) is 5.91 Å². The number of amides is 1. The van der Waals surface area contributed by atoms with Crippen LogP contribution >= 0.6 is 0 Å². The van der Waals surface area contributed by atoms with E-state index in [-0.39, 0.29) is 18.5 Å². The first kappa shape index (κ1) is 83.3. The maximum absolute atomic E-state index is 12.6. The number of aliphatic hydroxyl groups is 2. The van der Waals surface area contributed by atoms with Gasteiger partial charge in [-0.3, -0.25) is 9.59 Å². The van der Waals surface area contributed by atoms with Crippen molar-refractivity contribution < 1.29 is 24.5 Å². The molecule has 0 aliphatic rings. The first-order valence-corrected chi connectivity index (χ1v) is 39.1. The smallest absolute Gasteiger partial charge is 0.305 e. The molecule has 0 aromatic rings. The SMILES string of the molecule is CCCC/C=C\C/C=C\CCCCCCCC(=O)OCCCCCCCCCCCCCCCCCCCCCCCCCCCCCCCCCC(=O)NC(CO)C(O)CCCCCCCCCCCCCCCCCCCCCCCCC. The van der Waals surface area contributed by atoms with Crippen LogP contribution in [0.5, 0.6) is 0 Å². The van der Waals surface area contributed by atoms with E-state index in [0.717, 1.165) is 51.4 Å². The molecule has 504 valence electrons. The highest BCUT2D eigenvalue weighted by molar-refractivity contribution is 5.76. The lowest BCUT2D eigenvalue weighted by atomic mass is 10.0. The highest BCUT2D eigenvalue weighted by atomic mass is 16.5. The van der Waals surface area contributed by atoms with Crippen molar-refractivity contribution >= 4 is 11.9 Å². The Kier molecular flexibility index (Phi) is 73.3. The molecule has 1 amide bonds.